The van der Waals surface area contributed by atoms with E-state index in [0.29, 0.717) is 5.56 Å². The molecule has 0 saturated heterocycles. The summed E-state index contributed by atoms with van der Waals surface area (Å²) in [6, 6.07) is 11.0. The monoisotopic (exact) mass is 587 g/mol. The van der Waals surface area contributed by atoms with Gasteiger partial charge in [-0.3, -0.25) is 9.59 Å². The molecule has 1 heterocycles. The fourth-order valence-electron chi connectivity index (χ4n) is 6.05. The van der Waals surface area contributed by atoms with Crippen LogP contribution >= 0.6 is 0 Å². The lowest BCUT2D eigenvalue weighted by Gasteiger charge is -2.40. The minimum atomic E-state index is -4.75. The van der Waals surface area contributed by atoms with Gasteiger partial charge in [0.1, 0.15) is 6.61 Å². The Kier molecular flexibility index (Phi) is 9.53. The summed E-state index contributed by atoms with van der Waals surface area (Å²) >= 11 is 0. The Hall–Kier alpha value is -3.56. The van der Waals surface area contributed by atoms with Crippen molar-refractivity contribution in [1.82, 2.24) is 10.2 Å². The average molecular weight is 588 g/mol. The second-order valence-corrected chi connectivity index (χ2v) is 12.1. The Morgan fingerprint density at radius 1 is 1.10 bits per heavy atom. The number of benzene rings is 2. The number of ether oxygens (including phenoxy) is 1. The van der Waals surface area contributed by atoms with Crippen LogP contribution in [0, 0.1) is 5.41 Å². The van der Waals surface area contributed by atoms with Gasteiger partial charge < -0.3 is 19.9 Å². The third-order valence-corrected chi connectivity index (χ3v) is 8.08. The second kappa shape index (κ2) is 12.8. The molecule has 1 saturated carbocycles. The molecule has 1 N–H and O–H groups in total. The van der Waals surface area contributed by atoms with Crippen molar-refractivity contribution < 1.29 is 32.3 Å². The summed E-state index contributed by atoms with van der Waals surface area (Å²) in [4.78, 5) is 42.7. The number of alkyl carbamates (subject to hydrolysis) is 1. The Morgan fingerprint density at radius 2 is 1.76 bits per heavy atom. The van der Waals surface area contributed by atoms with E-state index in [9.17, 15) is 27.6 Å². The van der Waals surface area contributed by atoms with Crippen molar-refractivity contribution in [2.75, 3.05) is 18.0 Å². The minimum Gasteiger partial charge on any atom is -0.445 e. The molecule has 2 aromatic rings. The van der Waals surface area contributed by atoms with E-state index in [1.54, 1.807) is 18.7 Å². The van der Waals surface area contributed by atoms with Crippen LogP contribution < -0.4 is 10.2 Å². The summed E-state index contributed by atoms with van der Waals surface area (Å²) in [5.74, 6) is -0.965. The minimum absolute atomic E-state index is 0.00517. The highest BCUT2D eigenvalue weighted by Gasteiger charge is 2.44. The lowest BCUT2D eigenvalue weighted by Crippen LogP contribution is -2.49. The van der Waals surface area contributed by atoms with E-state index in [1.165, 1.54) is 11.0 Å². The van der Waals surface area contributed by atoms with Crippen LogP contribution in [-0.4, -0.2) is 48.0 Å². The smallest absolute Gasteiger partial charge is 0.417 e. The summed E-state index contributed by atoms with van der Waals surface area (Å²) < 4.78 is 48.5. The molecule has 2 aliphatic rings. The maximum absolute atomic E-state index is 14.4. The number of rotatable bonds is 8. The Bertz CT molecular complexity index is 1290. The molecule has 0 bridgehead atoms. The van der Waals surface area contributed by atoms with Crippen molar-refractivity contribution in [2.45, 2.75) is 91.1 Å². The zero-order chi connectivity index (χ0) is 30.7. The molecule has 10 heteroatoms. The SMILES string of the molecule is CC(C)N(C(=O)c1cc2c(cc1C(F)(F)F)CC(C)(C)C(=O)N2CCNC(=O)OCc1ccccc1)C1CCCCC1. The second-order valence-electron chi connectivity index (χ2n) is 12.1. The maximum atomic E-state index is 14.4. The highest BCUT2D eigenvalue weighted by atomic mass is 19.4. The lowest BCUT2D eigenvalue weighted by molar-refractivity contribution is -0.138. The van der Waals surface area contributed by atoms with Gasteiger partial charge in [-0.25, -0.2) is 4.79 Å². The molecule has 228 valence electrons. The van der Waals surface area contributed by atoms with E-state index in [0.717, 1.165) is 43.7 Å². The zero-order valence-electron chi connectivity index (χ0n) is 24.7. The number of fused-ring (bicyclic) bond motifs is 1. The number of carbonyl (C=O) groups is 3. The molecule has 0 aromatic heterocycles. The first-order chi connectivity index (χ1) is 19.8. The van der Waals surface area contributed by atoms with E-state index in [4.69, 9.17) is 4.74 Å². The van der Waals surface area contributed by atoms with Crippen LogP contribution in [0.1, 0.15) is 86.8 Å². The highest BCUT2D eigenvalue weighted by Crippen LogP contribution is 2.43. The summed E-state index contributed by atoms with van der Waals surface area (Å²) in [6.45, 7) is 7.10. The third-order valence-electron chi connectivity index (χ3n) is 8.08. The Balaban J connectivity index is 1.62. The van der Waals surface area contributed by atoms with Crippen LogP contribution in [0.25, 0.3) is 0 Å². The number of nitrogens with one attached hydrogen (secondary N) is 1. The number of alkyl halides is 3. The molecule has 0 spiro atoms. The standard InChI is InChI=1S/C32H40F3N3O4/c1-21(2)38(24-13-9-6-10-14-24)28(39)25-18-27-23(17-26(25)32(33,34)35)19-31(3,4)29(40)37(27)16-15-36-30(41)42-20-22-11-7-5-8-12-22/h5,7-8,11-12,17-18,21,24H,6,9-10,13-16,19-20H2,1-4H3,(H,36,41). The van der Waals surface area contributed by atoms with Gasteiger partial charge in [-0.1, -0.05) is 63.4 Å². The van der Waals surface area contributed by atoms with Gasteiger partial charge in [-0.2, -0.15) is 13.2 Å². The predicted octanol–water partition coefficient (Wildman–Crippen LogP) is 6.73. The van der Waals surface area contributed by atoms with Gasteiger partial charge in [-0.05, 0) is 56.4 Å². The topological polar surface area (TPSA) is 79.0 Å². The molecule has 2 aromatic carbocycles. The normalized spacial score (nSPS) is 17.1. The number of hydrogen-bond donors (Lipinski definition) is 1. The van der Waals surface area contributed by atoms with E-state index in [-0.39, 0.29) is 49.8 Å². The quantitative estimate of drug-likeness (QED) is 0.372. The molecule has 4 rings (SSSR count). The number of hydrogen-bond acceptors (Lipinski definition) is 4. The molecule has 1 fully saturated rings. The molecule has 0 atom stereocenters. The van der Waals surface area contributed by atoms with Gasteiger partial charge >= 0.3 is 12.3 Å². The predicted molar refractivity (Wildman–Crippen MR) is 154 cm³/mol. The molecular weight excluding hydrogens is 547 g/mol. The molecule has 0 radical (unpaired) electrons. The van der Waals surface area contributed by atoms with Crippen molar-refractivity contribution in [3.63, 3.8) is 0 Å². The first-order valence-electron chi connectivity index (χ1n) is 14.6. The van der Waals surface area contributed by atoms with Gasteiger partial charge in [0.15, 0.2) is 0 Å². The van der Waals surface area contributed by atoms with Crippen LogP contribution in [0.4, 0.5) is 23.7 Å². The molecule has 1 aliphatic heterocycles. The molecule has 0 unspecified atom stereocenters. The van der Waals surface area contributed by atoms with E-state index < -0.39 is 34.7 Å². The molecule has 42 heavy (non-hydrogen) atoms. The van der Waals surface area contributed by atoms with Crippen LogP contribution in [0.5, 0.6) is 0 Å². The summed E-state index contributed by atoms with van der Waals surface area (Å²) in [5.41, 5.74) is -0.989. The van der Waals surface area contributed by atoms with Crippen LogP contribution in [0.3, 0.4) is 0 Å². The fraction of sp³-hybridized carbons (Fsp3) is 0.531. The van der Waals surface area contributed by atoms with E-state index in [2.05, 4.69) is 5.32 Å². The Morgan fingerprint density at radius 3 is 2.38 bits per heavy atom. The number of nitrogens with zero attached hydrogens (tertiary/aromatic N) is 2. The fourth-order valence-corrected chi connectivity index (χ4v) is 6.05. The van der Waals surface area contributed by atoms with Gasteiger partial charge in [-0.15, -0.1) is 0 Å². The number of halogens is 3. The third kappa shape index (κ3) is 7.07. The van der Waals surface area contributed by atoms with Crippen LogP contribution in [-0.2, 0) is 28.7 Å². The largest absolute Gasteiger partial charge is 0.445 e. The maximum Gasteiger partial charge on any atom is 0.417 e. The number of anilines is 1. The molecular formula is C32H40F3N3O4. The Labute approximate surface area is 245 Å². The van der Waals surface area contributed by atoms with Crippen molar-refractivity contribution in [3.8, 4) is 0 Å². The highest BCUT2D eigenvalue weighted by molar-refractivity contribution is 6.03. The van der Waals surface area contributed by atoms with Crippen molar-refractivity contribution in [2.24, 2.45) is 5.41 Å². The van der Waals surface area contributed by atoms with Crippen LogP contribution in [0.15, 0.2) is 42.5 Å². The van der Waals surface area contributed by atoms with Gasteiger partial charge in [0, 0.05) is 36.3 Å². The van der Waals surface area contributed by atoms with E-state index in [1.807, 2.05) is 44.2 Å². The summed E-state index contributed by atoms with van der Waals surface area (Å²) in [5, 5.41) is 2.62. The van der Waals surface area contributed by atoms with Crippen LogP contribution in [0.2, 0.25) is 0 Å². The zero-order valence-corrected chi connectivity index (χ0v) is 24.7. The molecule has 7 nitrogen and oxygen atoms in total. The van der Waals surface area contributed by atoms with E-state index >= 15 is 0 Å². The van der Waals surface area contributed by atoms with Gasteiger partial charge in [0.05, 0.1) is 11.1 Å². The van der Waals surface area contributed by atoms with Gasteiger partial charge in [0.25, 0.3) is 5.91 Å². The first kappa shape index (κ1) is 31.4. The summed E-state index contributed by atoms with van der Waals surface area (Å²) in [7, 11) is 0. The van der Waals surface area contributed by atoms with Gasteiger partial charge in [0.2, 0.25) is 5.91 Å². The first-order valence-corrected chi connectivity index (χ1v) is 14.6. The number of carbonyl (C=O) groups excluding carboxylic acids is 3. The van der Waals surface area contributed by atoms with Crippen molar-refractivity contribution in [1.29, 1.82) is 0 Å². The van der Waals surface area contributed by atoms with Crippen molar-refractivity contribution >= 4 is 23.6 Å². The lowest BCUT2D eigenvalue weighted by atomic mass is 9.79. The molecule has 1 aliphatic carbocycles. The summed E-state index contributed by atoms with van der Waals surface area (Å²) in [6.07, 6.45) is -0.933. The average Bonchev–Trinajstić information content (AvgIpc) is 2.93. The molecule has 3 amide bonds. The number of amides is 3. The van der Waals surface area contributed by atoms with Crippen molar-refractivity contribution in [3.05, 3.63) is 64.7 Å².